The molecular formula is C78H112BClN12O8. The lowest BCUT2D eigenvalue weighted by Crippen LogP contribution is -2.41. The van der Waals surface area contributed by atoms with E-state index in [0.29, 0.717) is 65.6 Å². The summed E-state index contributed by atoms with van der Waals surface area (Å²) in [6, 6.07) is 15.1. The number of likely N-dealkylation sites (tertiary alicyclic amines) is 2. The second-order valence-electron chi connectivity index (χ2n) is 29.3. The standard InChI is InChI=1S/C35H46N6O3.C28H38ClN3O3.C13H20BN3O2.2CH4/c1-3-28(42)9-6-5-7-10-30(39-32(43)29-21-35(29)15-19-40(4-2)20-16-35)33-36-24-31(44-33)26-13-11-25(12-14-26)27-22-37-34(38-23-27)41-17-8-18-41;1-3-22(33)8-6-5-7-9-24(27-30-19-25(35-27)20-10-12-21(29)13-11-20)31-26(34)23-18-28(23)14-16-32(4-2)17-15-28;1-12(2)13(3,4)19-14(18-12)10-8-15-11(16-9-10)17-6-5-7-17;;/h11-14,22-24,29-30H,3-10,15-21H2,1-2H3,(H,39,43);10-13,19,23-24H,3-9,14-18H2,1-2H3,(H,31,34);8-9H,5-7H2,1-4H3;2*1H4/t29-,30+;23-,24+;;;/m11.../s1. The number of rotatable bonds is 28. The topological polar surface area (TPSA) is 227 Å². The van der Waals surface area contributed by atoms with Crippen molar-refractivity contribution >= 4 is 59.5 Å². The van der Waals surface area contributed by atoms with E-state index in [2.05, 4.69) is 74.0 Å². The quantitative estimate of drug-likeness (QED) is 0.0344. The van der Waals surface area contributed by atoms with Gasteiger partial charge in [-0.1, -0.05) is 104 Å². The van der Waals surface area contributed by atoms with Crippen LogP contribution in [0.1, 0.15) is 223 Å². The van der Waals surface area contributed by atoms with E-state index >= 15 is 0 Å². The van der Waals surface area contributed by atoms with Crippen LogP contribution in [0.25, 0.3) is 33.8 Å². The van der Waals surface area contributed by atoms with Gasteiger partial charge in [0.15, 0.2) is 11.5 Å². The third-order valence-corrected chi connectivity index (χ3v) is 22.6. The minimum Gasteiger partial charge on any atom is -0.438 e. The molecule has 0 bridgehead atoms. The number of amides is 2. The molecule has 9 heterocycles. The van der Waals surface area contributed by atoms with Crippen LogP contribution in [-0.4, -0.2) is 147 Å². The third kappa shape index (κ3) is 19.2. The van der Waals surface area contributed by atoms with Crippen LogP contribution in [0.5, 0.6) is 0 Å². The van der Waals surface area contributed by atoms with Crippen molar-refractivity contribution in [3.63, 3.8) is 0 Å². The van der Waals surface area contributed by atoms with Gasteiger partial charge < -0.3 is 48.4 Å². The summed E-state index contributed by atoms with van der Waals surface area (Å²) in [6.07, 6.45) is 29.0. The fraction of sp³-hybridized carbons (Fsp3) is 0.615. The van der Waals surface area contributed by atoms with Crippen LogP contribution in [0.2, 0.25) is 5.02 Å². The summed E-state index contributed by atoms with van der Waals surface area (Å²) in [4.78, 5) is 86.5. The number of benzene rings is 2. The Balaban J connectivity index is 0.000000186. The number of hydrogen-bond donors (Lipinski definition) is 2. The summed E-state index contributed by atoms with van der Waals surface area (Å²) < 4.78 is 24.4. The normalized spacial score (nSPS) is 20.4. The second kappa shape index (κ2) is 34.8. The fourth-order valence-electron chi connectivity index (χ4n) is 14.1. The van der Waals surface area contributed by atoms with Crippen molar-refractivity contribution in [3.8, 4) is 33.8 Å². The molecule has 0 unspecified atom stereocenters. The Kier molecular flexibility index (Phi) is 26.9. The van der Waals surface area contributed by atoms with Gasteiger partial charge in [-0.25, -0.2) is 29.9 Å². The van der Waals surface area contributed by atoms with E-state index in [1.807, 2.05) is 115 Å². The summed E-state index contributed by atoms with van der Waals surface area (Å²) in [5, 5.41) is 7.28. The number of nitrogens with zero attached hydrogens (tertiary/aromatic N) is 10. The van der Waals surface area contributed by atoms with Crippen LogP contribution in [0, 0.1) is 22.7 Å². The van der Waals surface area contributed by atoms with Gasteiger partial charge in [-0.3, -0.25) is 19.2 Å². The number of aromatic nitrogens is 6. The smallest absolute Gasteiger partial charge is 0.438 e. The molecular weight excluding hydrogens is 1280 g/mol. The minimum atomic E-state index is -0.379. The maximum atomic E-state index is 13.5. The van der Waals surface area contributed by atoms with E-state index in [1.54, 1.807) is 12.4 Å². The molecule has 13 rings (SSSR count). The Labute approximate surface area is 600 Å². The molecule has 0 radical (unpaired) electrons. The van der Waals surface area contributed by atoms with Gasteiger partial charge in [0, 0.05) is 116 Å². The monoisotopic (exact) mass is 1390 g/mol. The first-order valence-electron chi connectivity index (χ1n) is 36.7. The van der Waals surface area contributed by atoms with Gasteiger partial charge in [0.05, 0.1) is 23.6 Å². The molecule has 22 heteroatoms. The van der Waals surface area contributed by atoms with Gasteiger partial charge in [0.25, 0.3) is 0 Å². The van der Waals surface area contributed by atoms with Crippen LogP contribution in [0.4, 0.5) is 11.9 Å². The molecule has 20 nitrogen and oxygen atoms in total. The molecule has 2 aliphatic carbocycles. The predicted octanol–water partition coefficient (Wildman–Crippen LogP) is 14.7. The van der Waals surface area contributed by atoms with Gasteiger partial charge in [-0.05, 0) is 185 Å². The van der Waals surface area contributed by atoms with Crippen molar-refractivity contribution in [3.05, 3.63) is 103 Å². The Morgan fingerprint density at radius 2 is 0.900 bits per heavy atom. The number of carbonyl (C=O) groups is 4. The first kappa shape index (κ1) is 77.3. The van der Waals surface area contributed by atoms with E-state index in [9.17, 15) is 19.2 Å². The van der Waals surface area contributed by atoms with Crippen molar-refractivity contribution in [2.45, 2.75) is 222 Å². The van der Waals surface area contributed by atoms with Gasteiger partial charge >= 0.3 is 7.12 Å². The molecule has 2 N–H and O–H groups in total. The average molecular weight is 1390 g/mol. The van der Waals surface area contributed by atoms with Crippen molar-refractivity contribution in [1.82, 2.24) is 50.3 Å². The van der Waals surface area contributed by atoms with Gasteiger partial charge in [0.2, 0.25) is 35.5 Å². The third-order valence-electron chi connectivity index (χ3n) is 22.3. The number of ketones is 2. The van der Waals surface area contributed by atoms with Crippen LogP contribution in [-0.2, 0) is 28.5 Å². The Bertz CT molecular complexity index is 3570. The van der Waals surface area contributed by atoms with Crippen molar-refractivity contribution in [2.75, 3.05) is 75.2 Å². The Morgan fingerprint density at radius 3 is 1.28 bits per heavy atom. The molecule has 7 aliphatic rings. The number of anilines is 2. The van der Waals surface area contributed by atoms with E-state index < -0.39 is 0 Å². The molecule has 6 aromatic rings. The van der Waals surface area contributed by atoms with E-state index in [1.165, 1.54) is 12.8 Å². The van der Waals surface area contributed by atoms with Gasteiger partial charge in [-0.2, -0.15) is 0 Å². The first-order chi connectivity index (χ1) is 47.3. The molecule has 100 heavy (non-hydrogen) atoms. The lowest BCUT2D eigenvalue weighted by atomic mass is 9.81. The highest BCUT2D eigenvalue weighted by atomic mass is 35.5. The zero-order valence-electron chi connectivity index (χ0n) is 59.3. The summed E-state index contributed by atoms with van der Waals surface area (Å²) in [6.45, 7) is 27.1. The number of nitrogens with one attached hydrogen (secondary N) is 2. The van der Waals surface area contributed by atoms with Crippen LogP contribution in [0.15, 0.2) is 94.5 Å². The van der Waals surface area contributed by atoms with Crippen molar-refractivity contribution in [1.29, 1.82) is 0 Å². The number of Topliss-reactive ketones (excluding diaryl/α,β-unsaturated/α-hetero) is 2. The number of halogens is 1. The summed E-state index contributed by atoms with van der Waals surface area (Å²) in [5.41, 5.74) is 4.43. The molecule has 4 aromatic heterocycles. The molecule has 2 saturated carbocycles. The molecule has 5 saturated heterocycles. The van der Waals surface area contributed by atoms with Crippen LogP contribution in [0.3, 0.4) is 0 Å². The van der Waals surface area contributed by atoms with E-state index in [4.69, 9.17) is 29.7 Å². The number of piperidine rings is 2. The minimum absolute atomic E-state index is 0. The maximum Gasteiger partial charge on any atom is 0.498 e. The molecule has 7 fully saturated rings. The van der Waals surface area contributed by atoms with Crippen molar-refractivity contribution in [2.24, 2.45) is 22.7 Å². The SMILES string of the molecule is C.C.CC1(C)OB(c2cnc(N3CCC3)nc2)OC1(C)C.CCC(=O)CCCCC[C@H](NC(=O)[C@H]1CC12CCN(CC)CC2)c1ncc(-c2ccc(-c3cnc(N4CCC4)nc3)cc2)o1.CCC(=O)CCCCC[C@H](NC(=O)[C@H]1CC12CCN(CC)CC2)c1ncc(-c2ccc(Cl)cc2)o1. The van der Waals surface area contributed by atoms with Gasteiger partial charge in [-0.15, -0.1) is 0 Å². The number of oxazole rings is 2. The molecule has 2 aromatic carbocycles. The predicted molar refractivity (Wildman–Crippen MR) is 397 cm³/mol. The van der Waals surface area contributed by atoms with E-state index in [0.717, 1.165) is 195 Å². The molecule has 2 spiro atoms. The Hall–Kier alpha value is -6.91. The summed E-state index contributed by atoms with van der Waals surface area (Å²) >= 11 is 6.02. The Morgan fingerprint density at radius 1 is 0.510 bits per heavy atom. The zero-order chi connectivity index (χ0) is 69.0. The largest absolute Gasteiger partial charge is 0.498 e. The van der Waals surface area contributed by atoms with Gasteiger partial charge in [0.1, 0.15) is 23.7 Å². The molecule has 542 valence electrons. The number of unbranched alkanes of at least 4 members (excludes halogenated alkanes) is 4. The van der Waals surface area contributed by atoms with E-state index in [-0.39, 0.29) is 79.7 Å². The average Bonchev–Trinajstić information content (AvgIpc) is 1.59. The lowest BCUT2D eigenvalue weighted by Gasteiger charge is -2.32. The molecule has 4 atom stereocenters. The number of hydrogen-bond acceptors (Lipinski definition) is 18. The highest BCUT2D eigenvalue weighted by molar-refractivity contribution is 6.61. The highest BCUT2D eigenvalue weighted by Crippen LogP contribution is 2.60. The molecule has 5 aliphatic heterocycles. The highest BCUT2D eigenvalue weighted by Gasteiger charge is 2.60. The number of carbonyl (C=O) groups excluding carboxylic acids is 4. The lowest BCUT2D eigenvalue weighted by molar-refractivity contribution is -0.125. The first-order valence-corrected chi connectivity index (χ1v) is 37.0. The second-order valence-corrected chi connectivity index (χ2v) is 29.7. The van der Waals surface area contributed by atoms with Crippen molar-refractivity contribution < 1.29 is 37.3 Å². The zero-order valence-corrected chi connectivity index (χ0v) is 60.1. The molecule has 2 amide bonds. The summed E-state index contributed by atoms with van der Waals surface area (Å²) in [7, 11) is -0.379. The fourth-order valence-corrected chi connectivity index (χ4v) is 14.3. The maximum absolute atomic E-state index is 13.5. The van der Waals surface area contributed by atoms with Crippen LogP contribution >= 0.6 is 11.6 Å². The van der Waals surface area contributed by atoms with Crippen LogP contribution < -0.4 is 25.9 Å². The summed E-state index contributed by atoms with van der Waals surface area (Å²) in [5.74, 6) is 5.08.